The SMILES string of the molecule is CC(C)CCC(C)NCc1ccc(CO)o1. The van der Waals surface area contributed by atoms with E-state index in [1.807, 2.05) is 12.1 Å². The molecule has 0 aliphatic rings. The standard InChI is InChI=1S/C13H23NO2/c1-10(2)4-5-11(3)14-8-12-6-7-13(9-15)16-12/h6-7,10-11,14-15H,4-5,8-9H2,1-3H3. The topological polar surface area (TPSA) is 45.4 Å². The number of aliphatic hydroxyl groups excluding tert-OH is 1. The minimum absolute atomic E-state index is 0.0249. The van der Waals surface area contributed by atoms with Crippen LogP contribution in [0.25, 0.3) is 0 Å². The maximum Gasteiger partial charge on any atom is 0.129 e. The Morgan fingerprint density at radius 1 is 1.19 bits per heavy atom. The fourth-order valence-electron chi connectivity index (χ4n) is 1.56. The largest absolute Gasteiger partial charge is 0.462 e. The Morgan fingerprint density at radius 3 is 2.44 bits per heavy atom. The lowest BCUT2D eigenvalue weighted by Gasteiger charge is -2.13. The van der Waals surface area contributed by atoms with Gasteiger partial charge in [0, 0.05) is 6.04 Å². The molecule has 3 heteroatoms. The minimum Gasteiger partial charge on any atom is -0.462 e. The van der Waals surface area contributed by atoms with Crippen LogP contribution in [-0.2, 0) is 13.2 Å². The first kappa shape index (κ1) is 13.3. The minimum atomic E-state index is -0.0249. The van der Waals surface area contributed by atoms with Gasteiger partial charge in [-0.15, -0.1) is 0 Å². The van der Waals surface area contributed by atoms with E-state index in [0.29, 0.717) is 11.8 Å². The molecule has 0 radical (unpaired) electrons. The second kappa shape index (κ2) is 6.71. The molecule has 0 fully saturated rings. The fraction of sp³-hybridized carbons (Fsp3) is 0.692. The molecule has 3 nitrogen and oxygen atoms in total. The van der Waals surface area contributed by atoms with Crippen LogP contribution in [-0.4, -0.2) is 11.1 Å². The van der Waals surface area contributed by atoms with Crippen LogP contribution in [0, 0.1) is 5.92 Å². The maximum absolute atomic E-state index is 8.86. The lowest BCUT2D eigenvalue weighted by Crippen LogP contribution is -2.25. The van der Waals surface area contributed by atoms with Gasteiger partial charge in [-0.2, -0.15) is 0 Å². The fourth-order valence-corrected chi connectivity index (χ4v) is 1.56. The summed E-state index contributed by atoms with van der Waals surface area (Å²) in [6.07, 6.45) is 2.43. The molecule has 1 heterocycles. The second-order valence-corrected chi connectivity index (χ2v) is 4.78. The van der Waals surface area contributed by atoms with E-state index in [4.69, 9.17) is 9.52 Å². The van der Waals surface area contributed by atoms with Crippen molar-refractivity contribution in [2.24, 2.45) is 5.92 Å². The molecule has 92 valence electrons. The van der Waals surface area contributed by atoms with Gasteiger partial charge in [0.1, 0.15) is 18.1 Å². The number of hydrogen-bond acceptors (Lipinski definition) is 3. The van der Waals surface area contributed by atoms with Crippen molar-refractivity contribution in [1.29, 1.82) is 0 Å². The van der Waals surface area contributed by atoms with Gasteiger partial charge >= 0.3 is 0 Å². The van der Waals surface area contributed by atoms with Gasteiger partial charge in [0.15, 0.2) is 0 Å². The zero-order valence-electron chi connectivity index (χ0n) is 10.5. The van der Waals surface area contributed by atoms with Crippen molar-refractivity contribution >= 4 is 0 Å². The van der Waals surface area contributed by atoms with Crippen LogP contribution in [0.4, 0.5) is 0 Å². The van der Waals surface area contributed by atoms with Crippen molar-refractivity contribution in [3.63, 3.8) is 0 Å². The number of hydrogen-bond donors (Lipinski definition) is 2. The first-order valence-electron chi connectivity index (χ1n) is 6.03. The lowest BCUT2D eigenvalue weighted by atomic mass is 10.0. The Bertz CT molecular complexity index is 294. The molecule has 0 aromatic carbocycles. The Labute approximate surface area is 97.9 Å². The lowest BCUT2D eigenvalue weighted by molar-refractivity contribution is 0.242. The predicted molar refractivity (Wildman–Crippen MR) is 65.0 cm³/mol. The van der Waals surface area contributed by atoms with Crippen LogP contribution in [0.15, 0.2) is 16.5 Å². The van der Waals surface area contributed by atoms with Crippen LogP contribution in [0.2, 0.25) is 0 Å². The average molecular weight is 225 g/mol. The predicted octanol–water partition coefficient (Wildman–Crippen LogP) is 2.69. The summed E-state index contributed by atoms with van der Waals surface area (Å²) in [7, 11) is 0. The van der Waals surface area contributed by atoms with E-state index >= 15 is 0 Å². The average Bonchev–Trinajstić information content (AvgIpc) is 2.71. The van der Waals surface area contributed by atoms with Gasteiger partial charge in [0.05, 0.1) is 6.54 Å². The van der Waals surface area contributed by atoms with Gasteiger partial charge in [0.2, 0.25) is 0 Å². The molecular weight excluding hydrogens is 202 g/mol. The third-order valence-corrected chi connectivity index (χ3v) is 2.67. The van der Waals surface area contributed by atoms with Gasteiger partial charge in [-0.05, 0) is 37.8 Å². The first-order chi connectivity index (χ1) is 7.61. The van der Waals surface area contributed by atoms with E-state index in [0.717, 1.165) is 18.2 Å². The molecule has 1 atom stereocenters. The molecular formula is C13H23NO2. The Hall–Kier alpha value is -0.800. The highest BCUT2D eigenvalue weighted by molar-refractivity contribution is 5.06. The van der Waals surface area contributed by atoms with E-state index in [1.54, 1.807) is 0 Å². The molecule has 1 unspecified atom stereocenters. The summed E-state index contributed by atoms with van der Waals surface area (Å²) in [6.45, 7) is 7.39. The van der Waals surface area contributed by atoms with Crippen LogP contribution in [0.3, 0.4) is 0 Å². The Kier molecular flexibility index (Phi) is 5.56. The third-order valence-electron chi connectivity index (χ3n) is 2.67. The van der Waals surface area contributed by atoms with Gasteiger partial charge in [-0.3, -0.25) is 0 Å². The molecule has 0 spiro atoms. The molecule has 0 aliphatic carbocycles. The zero-order valence-corrected chi connectivity index (χ0v) is 10.5. The van der Waals surface area contributed by atoms with Crippen molar-refractivity contribution in [2.75, 3.05) is 0 Å². The molecule has 1 aromatic heterocycles. The van der Waals surface area contributed by atoms with Crippen molar-refractivity contribution < 1.29 is 9.52 Å². The van der Waals surface area contributed by atoms with E-state index in [2.05, 4.69) is 26.1 Å². The van der Waals surface area contributed by atoms with Crippen LogP contribution in [0.1, 0.15) is 45.1 Å². The Morgan fingerprint density at radius 2 is 1.88 bits per heavy atom. The quantitative estimate of drug-likeness (QED) is 0.750. The van der Waals surface area contributed by atoms with Crippen LogP contribution >= 0.6 is 0 Å². The second-order valence-electron chi connectivity index (χ2n) is 4.78. The molecule has 1 aromatic rings. The number of rotatable bonds is 7. The molecule has 0 saturated carbocycles. The normalized spacial score (nSPS) is 13.3. The molecule has 0 amide bonds. The van der Waals surface area contributed by atoms with Crippen molar-refractivity contribution in [3.8, 4) is 0 Å². The van der Waals surface area contributed by atoms with Crippen molar-refractivity contribution in [2.45, 2.75) is 52.8 Å². The highest BCUT2D eigenvalue weighted by Crippen LogP contribution is 2.09. The van der Waals surface area contributed by atoms with Crippen molar-refractivity contribution in [3.05, 3.63) is 23.7 Å². The highest BCUT2D eigenvalue weighted by atomic mass is 16.4. The zero-order chi connectivity index (χ0) is 12.0. The van der Waals surface area contributed by atoms with E-state index < -0.39 is 0 Å². The van der Waals surface area contributed by atoms with E-state index in [9.17, 15) is 0 Å². The highest BCUT2D eigenvalue weighted by Gasteiger charge is 2.05. The van der Waals surface area contributed by atoms with Gasteiger partial charge in [0.25, 0.3) is 0 Å². The maximum atomic E-state index is 8.86. The number of furan rings is 1. The summed E-state index contributed by atoms with van der Waals surface area (Å²) in [5, 5.41) is 12.3. The summed E-state index contributed by atoms with van der Waals surface area (Å²) < 4.78 is 5.40. The van der Waals surface area contributed by atoms with Gasteiger partial charge in [-0.1, -0.05) is 13.8 Å². The van der Waals surface area contributed by atoms with E-state index in [1.165, 1.54) is 12.8 Å². The molecule has 16 heavy (non-hydrogen) atoms. The monoisotopic (exact) mass is 225 g/mol. The molecule has 0 aliphatic heterocycles. The summed E-state index contributed by atoms with van der Waals surface area (Å²) in [6, 6.07) is 4.23. The summed E-state index contributed by atoms with van der Waals surface area (Å²) in [5.74, 6) is 2.28. The number of nitrogens with one attached hydrogen (secondary N) is 1. The molecule has 0 bridgehead atoms. The molecule has 0 saturated heterocycles. The van der Waals surface area contributed by atoms with E-state index in [-0.39, 0.29) is 6.61 Å². The number of aliphatic hydroxyl groups is 1. The van der Waals surface area contributed by atoms with Crippen LogP contribution in [0.5, 0.6) is 0 Å². The summed E-state index contributed by atoms with van der Waals surface area (Å²) in [5.41, 5.74) is 0. The molecule has 1 rings (SSSR count). The summed E-state index contributed by atoms with van der Waals surface area (Å²) in [4.78, 5) is 0. The smallest absolute Gasteiger partial charge is 0.129 e. The van der Waals surface area contributed by atoms with Crippen molar-refractivity contribution in [1.82, 2.24) is 5.32 Å². The first-order valence-corrected chi connectivity index (χ1v) is 6.03. The molecule has 2 N–H and O–H groups in total. The summed E-state index contributed by atoms with van der Waals surface area (Å²) >= 11 is 0. The Balaban J connectivity index is 2.23. The van der Waals surface area contributed by atoms with Gasteiger partial charge in [-0.25, -0.2) is 0 Å². The third kappa shape index (κ3) is 4.81. The van der Waals surface area contributed by atoms with Crippen LogP contribution < -0.4 is 5.32 Å². The van der Waals surface area contributed by atoms with Gasteiger partial charge < -0.3 is 14.8 Å².